The van der Waals surface area contributed by atoms with Crippen molar-refractivity contribution in [1.29, 1.82) is 0 Å². The average Bonchev–Trinajstić information content (AvgIpc) is 2.40. The van der Waals surface area contributed by atoms with Crippen molar-refractivity contribution in [3.05, 3.63) is 63.4 Å². The Morgan fingerprint density at radius 3 is 2.68 bits per heavy atom. The lowest BCUT2D eigenvalue weighted by Crippen LogP contribution is -1.99. The summed E-state index contributed by atoms with van der Waals surface area (Å²) in [5.74, 6) is 0.931. The Morgan fingerprint density at radius 2 is 2.00 bits per heavy atom. The number of hydrogen-bond donors (Lipinski definition) is 0. The molecular weight excluding hydrogens is 331 g/mol. The van der Waals surface area contributed by atoms with Gasteiger partial charge in [0.25, 0.3) is 0 Å². The molecule has 0 unspecified atom stereocenters. The quantitative estimate of drug-likeness (QED) is 0.692. The van der Waals surface area contributed by atoms with Crippen molar-refractivity contribution < 1.29 is 9.13 Å². The zero-order chi connectivity index (χ0) is 13.8. The molecule has 2 aromatic carbocycles. The van der Waals surface area contributed by atoms with Gasteiger partial charge in [-0.05, 0) is 63.8 Å². The van der Waals surface area contributed by atoms with E-state index in [0.717, 1.165) is 26.9 Å². The third-order valence-corrected chi connectivity index (χ3v) is 3.77. The summed E-state index contributed by atoms with van der Waals surface area (Å²) < 4.78 is 19.7. The Morgan fingerprint density at radius 1 is 1.21 bits per heavy atom. The van der Waals surface area contributed by atoms with E-state index in [-0.39, 0.29) is 5.82 Å². The van der Waals surface area contributed by atoms with Crippen LogP contribution < -0.4 is 4.74 Å². The van der Waals surface area contributed by atoms with Crippen molar-refractivity contribution in [3.63, 3.8) is 0 Å². The lowest BCUT2D eigenvalue weighted by molar-refractivity contribution is 0.302. The highest BCUT2D eigenvalue weighted by Gasteiger charge is 2.05. The minimum Gasteiger partial charge on any atom is -0.488 e. The Labute approximate surface area is 125 Å². The molecular formula is C15H13BrClFO. The smallest absolute Gasteiger partial charge is 0.134 e. The van der Waals surface area contributed by atoms with Crippen molar-refractivity contribution in [3.8, 4) is 5.75 Å². The predicted molar refractivity (Wildman–Crippen MR) is 79.2 cm³/mol. The minimum absolute atomic E-state index is 0.249. The normalized spacial score (nSPS) is 10.5. The minimum atomic E-state index is -0.249. The lowest BCUT2D eigenvalue weighted by Gasteiger charge is -2.11. The highest BCUT2D eigenvalue weighted by Crippen LogP contribution is 2.27. The fraction of sp³-hybridized carbons (Fsp3) is 0.200. The average molecular weight is 344 g/mol. The second-order valence-electron chi connectivity index (χ2n) is 4.26. The Hall–Kier alpha value is -1.06. The van der Waals surface area contributed by atoms with E-state index in [1.807, 2.05) is 25.1 Å². The van der Waals surface area contributed by atoms with E-state index in [0.29, 0.717) is 12.5 Å². The van der Waals surface area contributed by atoms with Crippen LogP contribution in [0.4, 0.5) is 4.39 Å². The third-order valence-electron chi connectivity index (χ3n) is 2.84. The van der Waals surface area contributed by atoms with Crippen LogP contribution in [0.2, 0.25) is 0 Å². The van der Waals surface area contributed by atoms with Gasteiger partial charge in [0, 0.05) is 5.88 Å². The molecule has 0 saturated carbocycles. The van der Waals surface area contributed by atoms with Crippen LogP contribution in [0.15, 0.2) is 40.9 Å². The van der Waals surface area contributed by atoms with E-state index in [9.17, 15) is 4.39 Å². The van der Waals surface area contributed by atoms with Crippen LogP contribution in [0.25, 0.3) is 0 Å². The zero-order valence-electron chi connectivity index (χ0n) is 10.4. The van der Waals surface area contributed by atoms with Gasteiger partial charge in [-0.15, -0.1) is 11.6 Å². The highest BCUT2D eigenvalue weighted by molar-refractivity contribution is 9.10. The number of hydrogen-bond acceptors (Lipinski definition) is 1. The number of aryl methyl sites for hydroxylation is 1. The van der Waals surface area contributed by atoms with Gasteiger partial charge < -0.3 is 4.74 Å². The van der Waals surface area contributed by atoms with E-state index < -0.39 is 0 Å². The van der Waals surface area contributed by atoms with Crippen LogP contribution in [-0.2, 0) is 12.5 Å². The number of rotatable bonds is 4. The Kier molecular flexibility index (Phi) is 4.83. The van der Waals surface area contributed by atoms with Gasteiger partial charge in [-0.2, -0.15) is 0 Å². The summed E-state index contributed by atoms with van der Waals surface area (Å²) in [5, 5.41) is 0. The molecule has 0 fully saturated rings. The molecule has 0 saturated heterocycles. The van der Waals surface area contributed by atoms with Gasteiger partial charge in [0.05, 0.1) is 4.47 Å². The predicted octanol–water partition coefficient (Wildman–Crippen LogP) is 5.21. The molecule has 0 aliphatic rings. The molecule has 0 spiro atoms. The molecule has 0 aliphatic carbocycles. The molecule has 0 bridgehead atoms. The maximum atomic E-state index is 13.2. The highest BCUT2D eigenvalue weighted by atomic mass is 79.9. The van der Waals surface area contributed by atoms with E-state index in [4.69, 9.17) is 16.3 Å². The number of halogens is 3. The van der Waals surface area contributed by atoms with Gasteiger partial charge in [-0.3, -0.25) is 0 Å². The third kappa shape index (κ3) is 3.71. The molecule has 0 heterocycles. The molecule has 0 amide bonds. The summed E-state index contributed by atoms with van der Waals surface area (Å²) in [7, 11) is 0. The van der Waals surface area contributed by atoms with E-state index in [2.05, 4.69) is 15.9 Å². The number of alkyl halides is 1. The first-order valence-corrected chi connectivity index (χ1v) is 7.15. The molecule has 0 radical (unpaired) electrons. The van der Waals surface area contributed by atoms with E-state index in [1.54, 1.807) is 6.07 Å². The van der Waals surface area contributed by atoms with Crippen LogP contribution in [0.1, 0.15) is 16.7 Å². The largest absolute Gasteiger partial charge is 0.488 e. The van der Waals surface area contributed by atoms with Crippen LogP contribution in [0.3, 0.4) is 0 Å². The molecule has 0 atom stereocenters. The van der Waals surface area contributed by atoms with Gasteiger partial charge in [-0.25, -0.2) is 4.39 Å². The monoisotopic (exact) mass is 342 g/mol. The first-order valence-electron chi connectivity index (χ1n) is 5.82. The van der Waals surface area contributed by atoms with Crippen LogP contribution in [-0.4, -0.2) is 0 Å². The van der Waals surface area contributed by atoms with Gasteiger partial charge in [0.1, 0.15) is 18.2 Å². The number of benzene rings is 2. The molecule has 100 valence electrons. The second-order valence-corrected chi connectivity index (χ2v) is 5.38. The zero-order valence-corrected chi connectivity index (χ0v) is 12.8. The lowest BCUT2D eigenvalue weighted by atomic mass is 10.1. The summed E-state index contributed by atoms with van der Waals surface area (Å²) in [6, 6.07) is 10.4. The van der Waals surface area contributed by atoms with Gasteiger partial charge in [0.15, 0.2) is 0 Å². The summed E-state index contributed by atoms with van der Waals surface area (Å²) in [4.78, 5) is 0. The summed E-state index contributed by atoms with van der Waals surface area (Å²) in [5.41, 5.74) is 2.87. The van der Waals surface area contributed by atoms with Crippen molar-refractivity contribution >= 4 is 27.5 Å². The summed E-state index contributed by atoms with van der Waals surface area (Å²) in [6.45, 7) is 2.27. The van der Waals surface area contributed by atoms with Crippen molar-refractivity contribution in [2.75, 3.05) is 0 Å². The topological polar surface area (TPSA) is 9.23 Å². The van der Waals surface area contributed by atoms with Crippen molar-refractivity contribution in [1.82, 2.24) is 0 Å². The molecule has 2 rings (SSSR count). The molecule has 1 nitrogen and oxygen atoms in total. The first kappa shape index (κ1) is 14.4. The standard InChI is InChI=1S/C15H13BrClFO/c1-10-2-4-13(18)7-12(10)9-19-15-5-3-11(8-17)6-14(15)16/h2-7H,8-9H2,1H3. The van der Waals surface area contributed by atoms with Crippen LogP contribution >= 0.6 is 27.5 Å². The van der Waals surface area contributed by atoms with Gasteiger partial charge in [-0.1, -0.05) is 12.1 Å². The second kappa shape index (κ2) is 6.40. The Balaban J connectivity index is 2.12. The molecule has 19 heavy (non-hydrogen) atoms. The molecule has 4 heteroatoms. The van der Waals surface area contributed by atoms with Crippen LogP contribution in [0, 0.1) is 12.7 Å². The SMILES string of the molecule is Cc1ccc(F)cc1COc1ccc(CCl)cc1Br. The van der Waals surface area contributed by atoms with Gasteiger partial charge >= 0.3 is 0 Å². The molecule has 0 aromatic heterocycles. The van der Waals surface area contributed by atoms with E-state index >= 15 is 0 Å². The fourth-order valence-electron chi connectivity index (χ4n) is 1.70. The summed E-state index contributed by atoms with van der Waals surface area (Å²) in [6.07, 6.45) is 0. The molecule has 2 aromatic rings. The van der Waals surface area contributed by atoms with Crippen LogP contribution in [0.5, 0.6) is 5.75 Å². The Bertz CT molecular complexity index is 586. The van der Waals surface area contributed by atoms with Crippen molar-refractivity contribution in [2.45, 2.75) is 19.4 Å². The van der Waals surface area contributed by atoms with E-state index in [1.165, 1.54) is 12.1 Å². The maximum absolute atomic E-state index is 13.2. The molecule has 0 N–H and O–H groups in total. The fourth-order valence-corrected chi connectivity index (χ4v) is 2.40. The number of ether oxygens (including phenoxy) is 1. The maximum Gasteiger partial charge on any atom is 0.134 e. The molecule has 0 aliphatic heterocycles. The van der Waals surface area contributed by atoms with Gasteiger partial charge in [0.2, 0.25) is 0 Å². The summed E-state index contributed by atoms with van der Waals surface area (Å²) >= 11 is 9.20. The first-order chi connectivity index (χ1) is 9.10. The van der Waals surface area contributed by atoms with Crippen molar-refractivity contribution in [2.24, 2.45) is 0 Å².